The average Bonchev–Trinajstić information content (AvgIpc) is 2.53. The minimum atomic E-state index is 0.172. The van der Waals surface area contributed by atoms with E-state index in [1.807, 2.05) is 0 Å². The van der Waals surface area contributed by atoms with Gasteiger partial charge in [-0.25, -0.2) is 4.98 Å². The van der Waals surface area contributed by atoms with Gasteiger partial charge in [-0.05, 0) is 44.2 Å². The summed E-state index contributed by atoms with van der Waals surface area (Å²) in [5.41, 5.74) is 3.46. The topological polar surface area (TPSA) is 42.8 Å². The molecule has 1 aromatic heterocycles. The Kier molecular flexibility index (Phi) is 3.91. The van der Waals surface area contributed by atoms with Crippen LogP contribution in [-0.4, -0.2) is 53.8 Å². The third kappa shape index (κ3) is 2.37. The van der Waals surface area contributed by atoms with Crippen molar-refractivity contribution in [2.45, 2.75) is 51.1 Å². The standard InChI is InChI=1S/C19H28N4O/c1-13(2)22-7-8-23-17(11-22)18(12-24)21(3)16-9-15(10-20-19(16)23)14-5-4-6-14/h9-10,12-14,17,24H,4-8,11H2,1-3H3/b18-12+. The van der Waals surface area contributed by atoms with Gasteiger partial charge in [0.1, 0.15) is 6.26 Å². The Labute approximate surface area is 144 Å². The summed E-state index contributed by atoms with van der Waals surface area (Å²) in [7, 11) is 2.05. The second-order valence-corrected chi connectivity index (χ2v) is 7.65. The van der Waals surface area contributed by atoms with E-state index >= 15 is 0 Å². The molecule has 1 atom stereocenters. The van der Waals surface area contributed by atoms with Gasteiger partial charge in [0.15, 0.2) is 5.82 Å². The third-order valence-corrected chi connectivity index (χ3v) is 6.08. The van der Waals surface area contributed by atoms with E-state index in [2.05, 4.69) is 47.9 Å². The van der Waals surface area contributed by atoms with E-state index < -0.39 is 0 Å². The zero-order chi connectivity index (χ0) is 16.8. The Hall–Kier alpha value is -1.75. The molecule has 24 heavy (non-hydrogen) atoms. The molecule has 3 aliphatic rings. The van der Waals surface area contributed by atoms with Gasteiger partial charge in [0.2, 0.25) is 0 Å². The van der Waals surface area contributed by atoms with E-state index in [1.54, 1.807) is 0 Å². The number of aromatic nitrogens is 1. The number of hydrogen-bond donors (Lipinski definition) is 1. The number of likely N-dealkylation sites (N-methyl/N-ethyl adjacent to an activating group) is 1. The predicted octanol–water partition coefficient (Wildman–Crippen LogP) is 3.10. The molecule has 1 N–H and O–H groups in total. The van der Waals surface area contributed by atoms with Crippen molar-refractivity contribution in [3.63, 3.8) is 0 Å². The van der Waals surface area contributed by atoms with Crippen LogP contribution in [0.2, 0.25) is 0 Å². The van der Waals surface area contributed by atoms with Crippen LogP contribution in [0.25, 0.3) is 0 Å². The molecule has 1 aromatic rings. The minimum absolute atomic E-state index is 0.172. The van der Waals surface area contributed by atoms with E-state index in [0.29, 0.717) is 12.0 Å². The van der Waals surface area contributed by atoms with Gasteiger partial charge in [-0.15, -0.1) is 0 Å². The molecule has 4 rings (SSSR count). The third-order valence-electron chi connectivity index (χ3n) is 6.08. The van der Waals surface area contributed by atoms with Crippen molar-refractivity contribution in [2.24, 2.45) is 0 Å². The highest BCUT2D eigenvalue weighted by Gasteiger charge is 2.39. The van der Waals surface area contributed by atoms with Crippen LogP contribution in [-0.2, 0) is 0 Å². The molecule has 0 radical (unpaired) electrons. The molecule has 2 aliphatic heterocycles. The van der Waals surface area contributed by atoms with Crippen LogP contribution >= 0.6 is 0 Å². The zero-order valence-electron chi connectivity index (χ0n) is 14.9. The Morgan fingerprint density at radius 2 is 2.08 bits per heavy atom. The molecule has 2 fully saturated rings. The number of fused-ring (bicyclic) bond motifs is 3. The monoisotopic (exact) mass is 328 g/mol. The lowest BCUT2D eigenvalue weighted by Crippen LogP contribution is -2.59. The number of nitrogens with zero attached hydrogens (tertiary/aromatic N) is 4. The summed E-state index contributed by atoms with van der Waals surface area (Å²) < 4.78 is 0. The van der Waals surface area contributed by atoms with Gasteiger partial charge in [0, 0.05) is 38.9 Å². The van der Waals surface area contributed by atoms with Crippen molar-refractivity contribution < 1.29 is 5.11 Å². The Morgan fingerprint density at radius 1 is 1.29 bits per heavy atom. The summed E-state index contributed by atoms with van der Waals surface area (Å²) in [6, 6.07) is 2.99. The van der Waals surface area contributed by atoms with Crippen LogP contribution in [0.4, 0.5) is 11.5 Å². The second-order valence-electron chi connectivity index (χ2n) is 7.65. The maximum absolute atomic E-state index is 9.92. The summed E-state index contributed by atoms with van der Waals surface area (Å²) in [5, 5.41) is 9.92. The molecule has 0 amide bonds. The van der Waals surface area contributed by atoms with E-state index in [-0.39, 0.29) is 6.04 Å². The number of anilines is 2. The van der Waals surface area contributed by atoms with Crippen molar-refractivity contribution in [1.82, 2.24) is 9.88 Å². The fourth-order valence-corrected chi connectivity index (χ4v) is 4.21. The number of aliphatic hydroxyl groups excluding tert-OH is 1. The largest absolute Gasteiger partial charge is 0.514 e. The number of pyridine rings is 1. The summed E-state index contributed by atoms with van der Waals surface area (Å²) in [5.74, 6) is 1.74. The van der Waals surface area contributed by atoms with Gasteiger partial charge in [-0.3, -0.25) is 4.90 Å². The molecule has 1 saturated carbocycles. The first-order valence-electron chi connectivity index (χ1n) is 9.18. The maximum Gasteiger partial charge on any atom is 0.153 e. The summed E-state index contributed by atoms with van der Waals surface area (Å²) >= 11 is 0. The fraction of sp³-hybridized carbons (Fsp3) is 0.632. The average molecular weight is 328 g/mol. The highest BCUT2D eigenvalue weighted by Crippen LogP contribution is 2.43. The molecule has 0 spiro atoms. The highest BCUT2D eigenvalue weighted by molar-refractivity contribution is 5.75. The highest BCUT2D eigenvalue weighted by atomic mass is 16.2. The van der Waals surface area contributed by atoms with Crippen molar-refractivity contribution in [2.75, 3.05) is 36.5 Å². The molecular weight excluding hydrogens is 300 g/mol. The van der Waals surface area contributed by atoms with Gasteiger partial charge in [0.05, 0.1) is 17.4 Å². The van der Waals surface area contributed by atoms with Crippen molar-refractivity contribution in [1.29, 1.82) is 0 Å². The van der Waals surface area contributed by atoms with Crippen LogP contribution in [0.5, 0.6) is 0 Å². The van der Waals surface area contributed by atoms with Crippen LogP contribution in [0.15, 0.2) is 24.2 Å². The molecular formula is C19H28N4O. The minimum Gasteiger partial charge on any atom is -0.514 e. The predicted molar refractivity (Wildman–Crippen MR) is 97.8 cm³/mol. The van der Waals surface area contributed by atoms with Crippen LogP contribution in [0, 0.1) is 0 Å². The Bertz CT molecular complexity index is 653. The first kappa shape index (κ1) is 15.8. The Morgan fingerprint density at radius 3 is 2.71 bits per heavy atom. The van der Waals surface area contributed by atoms with Gasteiger partial charge in [0.25, 0.3) is 0 Å². The number of aliphatic hydroxyl groups is 1. The first-order valence-corrected chi connectivity index (χ1v) is 9.18. The maximum atomic E-state index is 9.92. The van der Waals surface area contributed by atoms with E-state index in [9.17, 15) is 5.11 Å². The van der Waals surface area contributed by atoms with Gasteiger partial charge in [-0.1, -0.05) is 6.42 Å². The van der Waals surface area contributed by atoms with Gasteiger partial charge >= 0.3 is 0 Å². The quantitative estimate of drug-likeness (QED) is 0.845. The lowest BCUT2D eigenvalue weighted by Gasteiger charge is -2.50. The van der Waals surface area contributed by atoms with E-state index in [0.717, 1.165) is 36.8 Å². The van der Waals surface area contributed by atoms with Crippen LogP contribution in [0.3, 0.4) is 0 Å². The number of hydrogen-bond acceptors (Lipinski definition) is 5. The summed E-state index contributed by atoms with van der Waals surface area (Å²) in [6.45, 7) is 7.40. The first-order chi connectivity index (χ1) is 11.6. The van der Waals surface area contributed by atoms with E-state index in [1.165, 1.54) is 31.1 Å². The molecule has 3 heterocycles. The van der Waals surface area contributed by atoms with Gasteiger partial charge in [-0.2, -0.15) is 0 Å². The number of rotatable bonds is 2. The normalized spacial score (nSPS) is 26.5. The second kappa shape index (κ2) is 5.96. The molecule has 130 valence electrons. The lowest BCUT2D eigenvalue weighted by atomic mass is 9.80. The van der Waals surface area contributed by atoms with Crippen molar-refractivity contribution in [3.8, 4) is 0 Å². The van der Waals surface area contributed by atoms with Crippen molar-refractivity contribution >= 4 is 11.5 Å². The molecule has 1 unspecified atom stereocenters. The number of piperazine rings is 1. The lowest BCUT2D eigenvalue weighted by molar-refractivity contribution is 0.186. The van der Waals surface area contributed by atoms with Gasteiger partial charge < -0.3 is 14.9 Å². The summed E-state index contributed by atoms with van der Waals surface area (Å²) in [4.78, 5) is 11.8. The zero-order valence-corrected chi connectivity index (χ0v) is 14.9. The van der Waals surface area contributed by atoms with Crippen LogP contribution < -0.4 is 9.80 Å². The van der Waals surface area contributed by atoms with E-state index in [4.69, 9.17) is 4.98 Å². The molecule has 1 saturated heterocycles. The molecule has 1 aliphatic carbocycles. The van der Waals surface area contributed by atoms with Crippen LogP contribution in [0.1, 0.15) is 44.6 Å². The fourth-order valence-electron chi connectivity index (χ4n) is 4.21. The molecule has 0 bridgehead atoms. The molecule has 5 nitrogen and oxygen atoms in total. The summed E-state index contributed by atoms with van der Waals surface area (Å²) in [6.07, 6.45) is 7.26. The Balaban J connectivity index is 1.71. The SMILES string of the molecule is CC(C)N1CCN2c3ncc(C4CCC4)cc3N(C)/C(=C/O)C2C1. The smallest absolute Gasteiger partial charge is 0.153 e. The molecule has 0 aromatic carbocycles. The van der Waals surface area contributed by atoms with Crippen molar-refractivity contribution in [3.05, 3.63) is 29.8 Å². The molecule has 5 heteroatoms.